The van der Waals surface area contributed by atoms with Gasteiger partial charge in [-0.15, -0.1) is 0 Å². The van der Waals surface area contributed by atoms with Gasteiger partial charge < -0.3 is 25.0 Å². The number of carboxylic acid groups (broad SMARTS) is 2. The van der Waals surface area contributed by atoms with Gasteiger partial charge >= 0.3 is 11.9 Å². The van der Waals surface area contributed by atoms with Crippen LogP contribution in [0, 0.1) is 5.82 Å². The predicted octanol–water partition coefficient (Wildman–Crippen LogP) is 2.72. The third kappa shape index (κ3) is 8.89. The van der Waals surface area contributed by atoms with Gasteiger partial charge in [0.2, 0.25) is 5.91 Å². The van der Waals surface area contributed by atoms with Crippen molar-refractivity contribution in [3.8, 4) is 11.5 Å². The van der Waals surface area contributed by atoms with Crippen LogP contribution in [-0.2, 0) is 20.9 Å². The van der Waals surface area contributed by atoms with Crippen LogP contribution in [0.5, 0.6) is 11.5 Å². The van der Waals surface area contributed by atoms with Crippen molar-refractivity contribution in [1.82, 2.24) is 4.90 Å². The molecule has 0 fully saturated rings. The van der Waals surface area contributed by atoms with Gasteiger partial charge in [-0.2, -0.15) is 0 Å². The van der Waals surface area contributed by atoms with Crippen molar-refractivity contribution < 1.29 is 38.5 Å². The van der Waals surface area contributed by atoms with Gasteiger partial charge in [0.15, 0.2) is 0 Å². The monoisotopic (exact) mass is 456 g/mol. The minimum Gasteiger partial charge on any atom is -0.497 e. The molecule has 0 spiro atoms. The molecule has 168 valence electrons. The molecule has 9 nitrogen and oxygen atoms in total. The van der Waals surface area contributed by atoms with Gasteiger partial charge in [0, 0.05) is 23.2 Å². The lowest BCUT2D eigenvalue weighted by atomic mass is 10.2. The van der Waals surface area contributed by atoms with Gasteiger partial charge in [-0.1, -0.05) is 17.7 Å². The SMILES string of the molecule is COc1ccc(CN(C)CC(=O)Nc2ccc(Cl)cc2F)c(OC)c1.O=C(O)C(=O)O. The summed E-state index contributed by atoms with van der Waals surface area (Å²) in [7, 11) is 4.95. The number of hydrogen-bond acceptors (Lipinski definition) is 6. The van der Waals surface area contributed by atoms with Crippen molar-refractivity contribution >= 4 is 35.1 Å². The number of rotatable bonds is 7. The number of methoxy groups -OCH3 is 2. The van der Waals surface area contributed by atoms with E-state index in [0.717, 1.165) is 11.6 Å². The molecule has 0 radical (unpaired) electrons. The molecule has 2 rings (SSSR count). The van der Waals surface area contributed by atoms with Crippen LogP contribution in [-0.4, -0.2) is 60.8 Å². The second-order valence-corrected chi connectivity index (χ2v) is 6.57. The minimum absolute atomic E-state index is 0.0945. The zero-order valence-corrected chi connectivity index (χ0v) is 17.8. The van der Waals surface area contributed by atoms with E-state index in [1.54, 1.807) is 32.2 Å². The molecule has 11 heteroatoms. The molecule has 2 aromatic rings. The van der Waals surface area contributed by atoms with Crippen molar-refractivity contribution in [1.29, 1.82) is 0 Å². The van der Waals surface area contributed by atoms with Crippen LogP contribution in [0.25, 0.3) is 0 Å². The molecule has 3 N–H and O–H groups in total. The zero-order valence-electron chi connectivity index (χ0n) is 17.0. The summed E-state index contributed by atoms with van der Waals surface area (Å²) in [6, 6.07) is 9.60. The fourth-order valence-electron chi connectivity index (χ4n) is 2.35. The van der Waals surface area contributed by atoms with Gasteiger partial charge in [-0.25, -0.2) is 14.0 Å². The van der Waals surface area contributed by atoms with Gasteiger partial charge in [0.25, 0.3) is 0 Å². The number of carboxylic acids is 2. The average Bonchev–Trinajstić information content (AvgIpc) is 2.70. The number of hydrogen-bond donors (Lipinski definition) is 3. The van der Waals surface area contributed by atoms with E-state index in [1.807, 2.05) is 12.1 Å². The highest BCUT2D eigenvalue weighted by Gasteiger charge is 2.13. The summed E-state index contributed by atoms with van der Waals surface area (Å²) in [5.74, 6) is -3.17. The van der Waals surface area contributed by atoms with E-state index in [-0.39, 0.29) is 23.2 Å². The molecule has 0 heterocycles. The van der Waals surface area contributed by atoms with Crippen LogP contribution >= 0.6 is 11.6 Å². The van der Waals surface area contributed by atoms with E-state index < -0.39 is 17.8 Å². The number of aliphatic carboxylic acids is 2. The largest absolute Gasteiger partial charge is 0.497 e. The number of carbonyl (C=O) groups excluding carboxylic acids is 1. The first-order valence-corrected chi connectivity index (χ1v) is 9.05. The quantitative estimate of drug-likeness (QED) is 0.543. The van der Waals surface area contributed by atoms with Crippen molar-refractivity contribution in [2.24, 2.45) is 0 Å². The van der Waals surface area contributed by atoms with Gasteiger partial charge in [-0.05, 0) is 31.3 Å². The molecular formula is C20H22ClFN2O7. The zero-order chi connectivity index (χ0) is 23.6. The Labute approximate surface area is 182 Å². The first kappa shape index (κ1) is 25.7. The maximum atomic E-state index is 13.7. The van der Waals surface area contributed by atoms with E-state index in [4.69, 9.17) is 40.9 Å². The van der Waals surface area contributed by atoms with E-state index in [9.17, 15) is 9.18 Å². The number of likely N-dealkylation sites (N-methyl/N-ethyl adjacent to an activating group) is 1. The standard InChI is InChI=1S/C18H20ClFN2O3.C2H2O4/c1-22(10-12-4-6-14(24-2)9-17(12)25-3)11-18(23)21-16-7-5-13(19)8-15(16)20;3-1(4)2(5)6/h4-9H,10-11H2,1-3H3,(H,21,23);(H,3,4)(H,5,6). The third-order valence-electron chi connectivity index (χ3n) is 3.74. The van der Waals surface area contributed by atoms with Crippen molar-refractivity contribution in [2.45, 2.75) is 6.54 Å². The van der Waals surface area contributed by atoms with Gasteiger partial charge in [0.05, 0.1) is 26.5 Å². The molecule has 0 saturated heterocycles. The lowest BCUT2D eigenvalue weighted by Gasteiger charge is -2.18. The fourth-order valence-corrected chi connectivity index (χ4v) is 2.51. The van der Waals surface area contributed by atoms with Crippen LogP contribution in [0.4, 0.5) is 10.1 Å². The highest BCUT2D eigenvalue weighted by molar-refractivity contribution is 6.30. The van der Waals surface area contributed by atoms with Crippen LogP contribution in [0.3, 0.4) is 0 Å². The number of carbonyl (C=O) groups is 3. The van der Waals surface area contributed by atoms with Gasteiger partial charge in [-0.3, -0.25) is 9.69 Å². The lowest BCUT2D eigenvalue weighted by molar-refractivity contribution is -0.159. The summed E-state index contributed by atoms with van der Waals surface area (Å²) in [6.07, 6.45) is 0. The second kappa shape index (κ2) is 12.4. The van der Waals surface area contributed by atoms with Crippen molar-refractivity contribution in [2.75, 3.05) is 33.1 Å². The van der Waals surface area contributed by atoms with E-state index in [1.165, 1.54) is 12.1 Å². The fraction of sp³-hybridized carbons (Fsp3) is 0.250. The van der Waals surface area contributed by atoms with Crippen molar-refractivity contribution in [3.63, 3.8) is 0 Å². The summed E-state index contributed by atoms with van der Waals surface area (Å²) < 4.78 is 24.2. The Hall–Kier alpha value is -3.37. The average molecular weight is 457 g/mol. The van der Waals surface area contributed by atoms with E-state index in [2.05, 4.69) is 5.32 Å². The van der Waals surface area contributed by atoms with Crippen molar-refractivity contribution in [3.05, 3.63) is 52.8 Å². The van der Waals surface area contributed by atoms with Gasteiger partial charge in [0.1, 0.15) is 17.3 Å². The number of nitrogens with one attached hydrogen (secondary N) is 1. The second-order valence-electron chi connectivity index (χ2n) is 6.13. The molecule has 0 aliphatic rings. The molecule has 0 bridgehead atoms. The molecule has 0 aliphatic carbocycles. The number of benzene rings is 2. The normalized spacial score (nSPS) is 10.0. The minimum atomic E-state index is -1.82. The Morgan fingerprint density at radius 3 is 2.23 bits per heavy atom. The Morgan fingerprint density at radius 2 is 1.71 bits per heavy atom. The number of amides is 1. The molecule has 0 saturated carbocycles. The summed E-state index contributed by atoms with van der Waals surface area (Å²) in [6.45, 7) is 0.584. The maximum Gasteiger partial charge on any atom is 0.414 e. The number of anilines is 1. The smallest absolute Gasteiger partial charge is 0.414 e. The topological polar surface area (TPSA) is 125 Å². The number of nitrogens with zero attached hydrogens (tertiary/aromatic N) is 1. The predicted molar refractivity (Wildman–Crippen MR) is 111 cm³/mol. The Morgan fingerprint density at radius 1 is 1.06 bits per heavy atom. The number of halogens is 2. The molecule has 0 atom stereocenters. The first-order chi connectivity index (χ1) is 14.6. The Kier molecular flexibility index (Phi) is 10.2. The van der Waals surface area contributed by atoms with Crippen LogP contribution in [0.1, 0.15) is 5.56 Å². The third-order valence-corrected chi connectivity index (χ3v) is 3.97. The number of ether oxygens (including phenoxy) is 2. The lowest BCUT2D eigenvalue weighted by Crippen LogP contribution is -2.30. The molecule has 0 unspecified atom stereocenters. The van der Waals surface area contributed by atoms with Crippen LogP contribution in [0.15, 0.2) is 36.4 Å². The van der Waals surface area contributed by atoms with Crippen LogP contribution < -0.4 is 14.8 Å². The summed E-state index contributed by atoms with van der Waals surface area (Å²) in [4.78, 5) is 32.1. The summed E-state index contributed by atoms with van der Waals surface area (Å²) in [5.41, 5.74) is 1.01. The molecular weight excluding hydrogens is 435 g/mol. The first-order valence-electron chi connectivity index (χ1n) is 8.68. The molecule has 0 aromatic heterocycles. The van der Waals surface area contributed by atoms with E-state index in [0.29, 0.717) is 18.0 Å². The van der Waals surface area contributed by atoms with E-state index >= 15 is 0 Å². The Bertz CT molecular complexity index is 928. The molecule has 31 heavy (non-hydrogen) atoms. The maximum absolute atomic E-state index is 13.7. The molecule has 0 aliphatic heterocycles. The van der Waals surface area contributed by atoms with Crippen LogP contribution in [0.2, 0.25) is 5.02 Å². The molecule has 2 aromatic carbocycles. The molecule has 1 amide bonds. The summed E-state index contributed by atoms with van der Waals surface area (Å²) in [5, 5.41) is 17.6. The highest BCUT2D eigenvalue weighted by Crippen LogP contribution is 2.25. The highest BCUT2D eigenvalue weighted by atomic mass is 35.5. The Balaban J connectivity index is 0.000000703. The summed E-state index contributed by atoms with van der Waals surface area (Å²) >= 11 is 5.70.